The molecule has 0 rings (SSSR count). The van der Waals surface area contributed by atoms with Gasteiger partial charge in [0.25, 0.3) is 0 Å². The van der Waals surface area contributed by atoms with Gasteiger partial charge in [0, 0.05) is 10.2 Å². The molecule has 4 heteroatoms. The summed E-state index contributed by atoms with van der Waals surface area (Å²) >= 11 is 0. The number of rotatable bonds is 8. The molecule has 0 saturated heterocycles. The molecule has 0 amide bonds. The molecule has 0 fully saturated rings. The van der Waals surface area contributed by atoms with E-state index in [0.717, 1.165) is 32.2 Å². The van der Waals surface area contributed by atoms with E-state index in [2.05, 4.69) is 48.7 Å². The van der Waals surface area contributed by atoms with Gasteiger partial charge in [-0.1, -0.05) is 27.7 Å². The average Bonchev–Trinajstić information content (AvgIpc) is 2.28. The highest BCUT2D eigenvalue weighted by molar-refractivity contribution is 6.16. The summed E-state index contributed by atoms with van der Waals surface area (Å²) in [4.78, 5) is 9.49. The van der Waals surface area contributed by atoms with Gasteiger partial charge < -0.3 is 0 Å². The zero-order chi connectivity index (χ0) is 11.7. The fraction of sp³-hybridized carbons (Fsp3) is 0.909. The van der Waals surface area contributed by atoms with E-state index in [1.54, 1.807) is 0 Å². The molecule has 15 heavy (non-hydrogen) atoms. The minimum Gasteiger partial charge on any atom is -0.270 e. The third-order valence-electron chi connectivity index (χ3n) is 2.70. The minimum atomic E-state index is 0.254. The highest BCUT2D eigenvalue weighted by Crippen LogP contribution is 2.07. The maximum atomic E-state index is 4.69. The van der Waals surface area contributed by atoms with E-state index in [-0.39, 0.29) is 6.29 Å². The van der Waals surface area contributed by atoms with Crippen LogP contribution in [-0.4, -0.2) is 58.7 Å². The van der Waals surface area contributed by atoms with Gasteiger partial charge in [-0.15, -0.1) is 0 Å². The predicted molar refractivity (Wildman–Crippen MR) is 72.9 cm³/mol. The summed E-state index contributed by atoms with van der Waals surface area (Å²) < 4.78 is 0. The van der Waals surface area contributed by atoms with E-state index in [0.29, 0.717) is 0 Å². The molecule has 0 saturated carbocycles. The van der Waals surface area contributed by atoms with Crippen LogP contribution in [0.2, 0.25) is 6.04 Å². The van der Waals surface area contributed by atoms with Gasteiger partial charge in [-0.05, 0) is 38.4 Å². The Kier molecular flexibility index (Phi) is 8.95. The van der Waals surface area contributed by atoms with Crippen LogP contribution in [0.5, 0.6) is 0 Å². The summed E-state index contributed by atoms with van der Waals surface area (Å²) in [5.41, 5.74) is 0. The Morgan fingerprint density at radius 1 is 1.00 bits per heavy atom. The largest absolute Gasteiger partial charge is 0.270 e. The summed E-state index contributed by atoms with van der Waals surface area (Å²) in [6.45, 7) is 13.1. The Morgan fingerprint density at radius 3 is 1.67 bits per heavy atom. The van der Waals surface area contributed by atoms with Crippen molar-refractivity contribution in [3.8, 4) is 0 Å². The molecule has 0 aliphatic heterocycles. The third kappa shape index (κ3) is 4.91. The fourth-order valence-electron chi connectivity index (χ4n) is 1.72. The van der Waals surface area contributed by atoms with Gasteiger partial charge in [0.15, 0.2) is 6.29 Å². The minimum absolute atomic E-state index is 0.254. The maximum Gasteiger partial charge on any atom is 0.158 e. The van der Waals surface area contributed by atoms with Gasteiger partial charge >= 0.3 is 0 Å². The van der Waals surface area contributed by atoms with E-state index in [1.165, 1.54) is 10.2 Å². The molecule has 0 aromatic rings. The molecular weight excluding hydrogens is 202 g/mol. The molecule has 0 aliphatic rings. The first-order chi connectivity index (χ1) is 7.24. The third-order valence-corrected chi connectivity index (χ3v) is 3.06. The zero-order valence-electron chi connectivity index (χ0n) is 11.0. The van der Waals surface area contributed by atoms with Crippen LogP contribution >= 0.6 is 0 Å². The second-order valence-corrected chi connectivity index (χ2v) is 4.35. The average molecular weight is 229 g/mol. The fourth-order valence-corrected chi connectivity index (χ4v) is 1.93. The van der Waals surface area contributed by atoms with E-state index in [4.69, 9.17) is 0 Å². The van der Waals surface area contributed by atoms with Crippen molar-refractivity contribution >= 4 is 16.5 Å². The van der Waals surface area contributed by atoms with Crippen molar-refractivity contribution in [3.05, 3.63) is 0 Å². The highest BCUT2D eigenvalue weighted by Gasteiger charge is 2.18. The number of hydrogen-bond donors (Lipinski definition) is 0. The monoisotopic (exact) mass is 229 g/mol. The Morgan fingerprint density at radius 2 is 1.40 bits per heavy atom. The van der Waals surface area contributed by atoms with Crippen LogP contribution < -0.4 is 0 Å². The topological polar surface area (TPSA) is 18.8 Å². The van der Waals surface area contributed by atoms with Crippen molar-refractivity contribution in [2.75, 3.05) is 26.2 Å². The molecule has 0 spiro atoms. The number of nitrogens with zero attached hydrogens (tertiary/aromatic N) is 3. The molecule has 0 N–H and O–H groups in total. The van der Waals surface area contributed by atoms with E-state index < -0.39 is 0 Å². The zero-order valence-corrected chi connectivity index (χ0v) is 13.0. The van der Waals surface area contributed by atoms with Crippen LogP contribution in [-0.2, 0) is 0 Å². The Hall–Kier alpha value is -0.193. The van der Waals surface area contributed by atoms with Crippen molar-refractivity contribution < 1.29 is 0 Å². The first kappa shape index (κ1) is 14.8. The molecule has 90 valence electrons. The van der Waals surface area contributed by atoms with Crippen molar-refractivity contribution in [1.82, 2.24) is 9.80 Å². The standard InChI is InChI=1S/C11H27N3Si/c1-5-13(6-2)11(12-9-10-15)14(7-3)8-4/h9,11H,5-8,10H2,1-4,15H3. The maximum absolute atomic E-state index is 4.69. The summed E-state index contributed by atoms with van der Waals surface area (Å²) in [7, 11) is 1.21. The van der Waals surface area contributed by atoms with Crippen molar-refractivity contribution in [2.24, 2.45) is 4.99 Å². The lowest BCUT2D eigenvalue weighted by Crippen LogP contribution is -2.47. The second kappa shape index (κ2) is 9.06. The smallest absolute Gasteiger partial charge is 0.158 e. The lowest BCUT2D eigenvalue weighted by atomic mass is 10.4. The first-order valence-corrected chi connectivity index (χ1v) is 7.66. The first-order valence-electron chi connectivity index (χ1n) is 6.24. The van der Waals surface area contributed by atoms with Crippen molar-refractivity contribution in [1.29, 1.82) is 0 Å². The Labute approximate surface area is 98.0 Å². The number of aliphatic imine (C=N–C) groups is 1. The van der Waals surface area contributed by atoms with Gasteiger partial charge in [0.1, 0.15) is 0 Å². The molecule has 0 aromatic heterocycles. The van der Waals surface area contributed by atoms with Crippen LogP contribution in [0.15, 0.2) is 4.99 Å². The van der Waals surface area contributed by atoms with Gasteiger partial charge in [-0.25, -0.2) is 0 Å². The molecular formula is C11H27N3Si. The molecule has 0 unspecified atom stereocenters. The van der Waals surface area contributed by atoms with Gasteiger partial charge in [-0.2, -0.15) is 0 Å². The Bertz CT molecular complexity index is 153. The van der Waals surface area contributed by atoms with Crippen LogP contribution in [0.1, 0.15) is 27.7 Å². The van der Waals surface area contributed by atoms with Crippen LogP contribution in [0.3, 0.4) is 0 Å². The normalized spacial score (nSPS) is 12.7. The lowest BCUT2D eigenvalue weighted by molar-refractivity contribution is 0.0641. The van der Waals surface area contributed by atoms with E-state index in [9.17, 15) is 0 Å². The van der Waals surface area contributed by atoms with Crippen molar-refractivity contribution in [3.63, 3.8) is 0 Å². The Balaban J connectivity index is 4.59. The number of hydrogen-bond acceptors (Lipinski definition) is 3. The molecule has 0 aromatic carbocycles. The van der Waals surface area contributed by atoms with Gasteiger partial charge in [0.05, 0.1) is 0 Å². The summed E-state index contributed by atoms with van der Waals surface area (Å²) in [5, 5.41) is 0. The molecule has 0 aliphatic carbocycles. The predicted octanol–water partition coefficient (Wildman–Crippen LogP) is 0.808. The van der Waals surface area contributed by atoms with Crippen LogP contribution in [0.4, 0.5) is 0 Å². The van der Waals surface area contributed by atoms with Crippen LogP contribution in [0.25, 0.3) is 0 Å². The summed E-state index contributed by atoms with van der Waals surface area (Å²) in [5.74, 6) is 0. The quantitative estimate of drug-likeness (QED) is 0.348. The highest BCUT2D eigenvalue weighted by atomic mass is 28.1. The van der Waals surface area contributed by atoms with Crippen molar-refractivity contribution in [2.45, 2.75) is 40.0 Å². The molecule has 0 radical (unpaired) electrons. The molecule has 3 nitrogen and oxygen atoms in total. The lowest BCUT2D eigenvalue weighted by Gasteiger charge is -2.34. The summed E-state index contributed by atoms with van der Waals surface area (Å²) in [6.07, 6.45) is 2.34. The molecule has 0 heterocycles. The summed E-state index contributed by atoms with van der Waals surface area (Å²) in [6, 6.07) is 1.15. The van der Waals surface area contributed by atoms with E-state index >= 15 is 0 Å². The molecule has 0 atom stereocenters. The second-order valence-electron chi connectivity index (χ2n) is 3.53. The van der Waals surface area contributed by atoms with Gasteiger partial charge in [-0.3, -0.25) is 14.8 Å². The van der Waals surface area contributed by atoms with Gasteiger partial charge in [0.2, 0.25) is 0 Å². The molecule has 0 bridgehead atoms. The van der Waals surface area contributed by atoms with E-state index in [1.807, 2.05) is 0 Å². The SMILES string of the molecule is CCN(CC)C(N=CC[SiH3])N(CC)CC. The van der Waals surface area contributed by atoms with Crippen LogP contribution in [0, 0.1) is 0 Å².